The van der Waals surface area contributed by atoms with Crippen molar-refractivity contribution in [1.29, 1.82) is 0 Å². The van der Waals surface area contributed by atoms with E-state index in [4.69, 9.17) is 16.6 Å². The van der Waals surface area contributed by atoms with Crippen LogP contribution in [0.1, 0.15) is 16.8 Å². The molecule has 5 rings (SSSR count). The molecule has 3 heterocycles. The lowest BCUT2D eigenvalue weighted by atomic mass is 10.00. The number of imidazole rings is 1. The van der Waals surface area contributed by atoms with Crippen LogP contribution in [0.15, 0.2) is 60.1 Å². The van der Waals surface area contributed by atoms with Gasteiger partial charge < -0.3 is 4.90 Å². The number of nitrogens with zero attached hydrogens (tertiary/aromatic N) is 3. The molecule has 4 aromatic rings. The molecule has 1 aliphatic rings. The number of hydrogen-bond donors (Lipinski definition) is 0. The summed E-state index contributed by atoms with van der Waals surface area (Å²) in [6.45, 7) is 1.48. The zero-order chi connectivity index (χ0) is 19.1. The van der Waals surface area contributed by atoms with E-state index in [-0.39, 0.29) is 5.91 Å². The van der Waals surface area contributed by atoms with Crippen LogP contribution >= 0.6 is 22.9 Å². The minimum absolute atomic E-state index is 0.163. The Hall–Kier alpha value is -2.63. The predicted molar refractivity (Wildman–Crippen MR) is 113 cm³/mol. The number of halogens is 1. The zero-order valence-electron chi connectivity index (χ0n) is 15.1. The van der Waals surface area contributed by atoms with Gasteiger partial charge in [0, 0.05) is 40.9 Å². The zero-order valence-corrected chi connectivity index (χ0v) is 16.7. The molecule has 0 spiro atoms. The minimum atomic E-state index is 0.163. The molecule has 0 bridgehead atoms. The normalized spacial score (nSPS) is 13.7. The van der Waals surface area contributed by atoms with E-state index in [1.165, 1.54) is 11.1 Å². The summed E-state index contributed by atoms with van der Waals surface area (Å²) in [5.74, 6) is 0.163. The van der Waals surface area contributed by atoms with Gasteiger partial charge in [0.2, 0.25) is 5.91 Å². The maximum atomic E-state index is 12.9. The van der Waals surface area contributed by atoms with E-state index < -0.39 is 0 Å². The Morgan fingerprint density at radius 2 is 1.89 bits per heavy atom. The number of amides is 1. The first-order valence-electron chi connectivity index (χ1n) is 9.23. The topological polar surface area (TPSA) is 37.6 Å². The molecule has 0 aliphatic carbocycles. The highest BCUT2D eigenvalue weighted by Gasteiger charge is 2.22. The van der Waals surface area contributed by atoms with Crippen LogP contribution in [0.5, 0.6) is 0 Å². The Bertz CT molecular complexity index is 1160. The molecule has 2 aromatic carbocycles. The van der Waals surface area contributed by atoms with Crippen LogP contribution in [-0.4, -0.2) is 26.7 Å². The second-order valence-electron chi connectivity index (χ2n) is 7.02. The number of carbonyl (C=O) groups excluding carboxylic acids is 1. The minimum Gasteiger partial charge on any atom is -0.338 e. The van der Waals surface area contributed by atoms with Gasteiger partial charge in [-0.15, -0.1) is 11.3 Å². The van der Waals surface area contributed by atoms with Gasteiger partial charge in [-0.3, -0.25) is 9.20 Å². The van der Waals surface area contributed by atoms with Gasteiger partial charge in [-0.1, -0.05) is 48.0 Å². The SMILES string of the molecule is O=C(Cc1csc2nc(-c3ccc(Cl)cc3)cn12)N1CCc2ccccc2C1. The molecule has 0 N–H and O–H groups in total. The molecule has 0 atom stereocenters. The largest absolute Gasteiger partial charge is 0.338 e. The highest BCUT2D eigenvalue weighted by Crippen LogP contribution is 2.26. The molecule has 0 unspecified atom stereocenters. The van der Waals surface area contributed by atoms with E-state index in [2.05, 4.69) is 18.2 Å². The van der Waals surface area contributed by atoms with Gasteiger partial charge in [0.1, 0.15) is 0 Å². The fourth-order valence-electron chi connectivity index (χ4n) is 3.69. The van der Waals surface area contributed by atoms with Crippen molar-refractivity contribution in [3.05, 3.63) is 82.0 Å². The van der Waals surface area contributed by atoms with Gasteiger partial charge in [0.05, 0.1) is 12.1 Å². The summed E-state index contributed by atoms with van der Waals surface area (Å²) in [5, 5.41) is 2.74. The van der Waals surface area contributed by atoms with E-state index in [9.17, 15) is 4.79 Å². The van der Waals surface area contributed by atoms with Crippen LogP contribution < -0.4 is 0 Å². The van der Waals surface area contributed by atoms with Crippen LogP contribution in [0.3, 0.4) is 0 Å². The first kappa shape index (κ1) is 17.5. The van der Waals surface area contributed by atoms with E-state index in [0.29, 0.717) is 18.0 Å². The molecule has 0 fully saturated rings. The van der Waals surface area contributed by atoms with Crippen LogP contribution in [0.25, 0.3) is 16.2 Å². The van der Waals surface area contributed by atoms with Crippen molar-refractivity contribution in [3.63, 3.8) is 0 Å². The van der Waals surface area contributed by atoms with E-state index in [1.54, 1.807) is 11.3 Å². The Balaban J connectivity index is 1.37. The molecule has 0 radical (unpaired) electrons. The van der Waals surface area contributed by atoms with Crippen molar-refractivity contribution in [1.82, 2.24) is 14.3 Å². The average Bonchev–Trinajstić information content (AvgIpc) is 3.30. The number of carbonyl (C=O) groups is 1. The van der Waals surface area contributed by atoms with Crippen molar-refractivity contribution < 1.29 is 4.79 Å². The Morgan fingerprint density at radius 1 is 1.11 bits per heavy atom. The molecule has 0 saturated heterocycles. The van der Waals surface area contributed by atoms with Crippen molar-refractivity contribution in [3.8, 4) is 11.3 Å². The number of aromatic nitrogens is 2. The van der Waals surface area contributed by atoms with Crippen LogP contribution in [-0.2, 0) is 24.2 Å². The van der Waals surface area contributed by atoms with Crippen LogP contribution in [0.2, 0.25) is 5.02 Å². The molecule has 4 nitrogen and oxygen atoms in total. The Morgan fingerprint density at radius 3 is 2.71 bits per heavy atom. The van der Waals surface area contributed by atoms with E-state index >= 15 is 0 Å². The fourth-order valence-corrected chi connectivity index (χ4v) is 4.69. The summed E-state index contributed by atoms with van der Waals surface area (Å²) < 4.78 is 2.03. The van der Waals surface area contributed by atoms with Crippen molar-refractivity contribution >= 4 is 33.8 Å². The molecular formula is C22H18ClN3OS. The molecule has 0 saturated carbocycles. The standard InChI is InChI=1S/C22H18ClN3OS/c23-18-7-5-16(6-8-18)20-13-26-19(14-28-22(26)24-20)11-21(27)25-10-9-15-3-1-2-4-17(15)12-25/h1-8,13-14H,9-12H2. The van der Waals surface area contributed by atoms with Gasteiger partial charge >= 0.3 is 0 Å². The third-order valence-corrected chi connectivity index (χ3v) is 6.38. The summed E-state index contributed by atoms with van der Waals surface area (Å²) >= 11 is 7.54. The quantitative estimate of drug-likeness (QED) is 0.487. The lowest BCUT2D eigenvalue weighted by Gasteiger charge is -2.28. The highest BCUT2D eigenvalue weighted by molar-refractivity contribution is 7.15. The summed E-state index contributed by atoms with van der Waals surface area (Å²) in [4.78, 5) is 20.5. The lowest BCUT2D eigenvalue weighted by molar-refractivity contribution is -0.131. The molecule has 140 valence electrons. The smallest absolute Gasteiger partial charge is 0.228 e. The average molecular weight is 408 g/mol. The Kier molecular flexibility index (Phi) is 4.41. The van der Waals surface area contributed by atoms with E-state index in [1.807, 2.05) is 51.2 Å². The van der Waals surface area contributed by atoms with Gasteiger partial charge in [0.15, 0.2) is 4.96 Å². The lowest BCUT2D eigenvalue weighted by Crippen LogP contribution is -2.37. The van der Waals surface area contributed by atoms with Gasteiger partial charge in [-0.2, -0.15) is 0 Å². The molecule has 6 heteroatoms. The van der Waals surface area contributed by atoms with Gasteiger partial charge in [0.25, 0.3) is 0 Å². The Labute approximate surface area is 172 Å². The molecule has 28 heavy (non-hydrogen) atoms. The second kappa shape index (κ2) is 7.08. The highest BCUT2D eigenvalue weighted by atomic mass is 35.5. The fraction of sp³-hybridized carbons (Fsp3) is 0.182. The third kappa shape index (κ3) is 3.21. The molecule has 2 aromatic heterocycles. The van der Waals surface area contributed by atoms with E-state index in [0.717, 1.165) is 34.9 Å². The summed E-state index contributed by atoms with van der Waals surface area (Å²) in [6, 6.07) is 16.0. The molecule has 1 aliphatic heterocycles. The van der Waals surface area contributed by atoms with Crippen LogP contribution in [0.4, 0.5) is 0 Å². The predicted octanol–water partition coefficient (Wildman–Crippen LogP) is 4.84. The van der Waals surface area contributed by atoms with Crippen molar-refractivity contribution in [2.24, 2.45) is 0 Å². The van der Waals surface area contributed by atoms with Crippen molar-refractivity contribution in [2.75, 3.05) is 6.54 Å². The number of hydrogen-bond acceptors (Lipinski definition) is 3. The van der Waals surface area contributed by atoms with Gasteiger partial charge in [-0.05, 0) is 29.7 Å². The molecular weight excluding hydrogens is 390 g/mol. The number of fused-ring (bicyclic) bond motifs is 2. The first-order valence-corrected chi connectivity index (χ1v) is 10.5. The summed E-state index contributed by atoms with van der Waals surface area (Å²) in [5.41, 5.74) is 5.50. The van der Waals surface area contributed by atoms with Crippen LogP contribution in [0, 0.1) is 0 Å². The monoisotopic (exact) mass is 407 g/mol. The second-order valence-corrected chi connectivity index (χ2v) is 8.30. The first-order chi connectivity index (χ1) is 13.7. The third-order valence-electron chi connectivity index (χ3n) is 5.24. The summed E-state index contributed by atoms with van der Waals surface area (Å²) in [6.07, 6.45) is 3.31. The summed E-state index contributed by atoms with van der Waals surface area (Å²) in [7, 11) is 0. The number of rotatable bonds is 3. The maximum Gasteiger partial charge on any atom is 0.228 e. The van der Waals surface area contributed by atoms with Gasteiger partial charge in [-0.25, -0.2) is 4.98 Å². The number of thiazole rings is 1. The maximum absolute atomic E-state index is 12.9. The number of benzene rings is 2. The molecule has 1 amide bonds. The van der Waals surface area contributed by atoms with Crippen molar-refractivity contribution in [2.45, 2.75) is 19.4 Å².